The van der Waals surface area contributed by atoms with E-state index in [1.165, 1.54) is 43.0 Å². The predicted molar refractivity (Wildman–Crippen MR) is 155 cm³/mol. The molecule has 1 aliphatic rings. The van der Waals surface area contributed by atoms with Gasteiger partial charge in [0.15, 0.2) is 16.7 Å². The maximum absolute atomic E-state index is 15.1. The van der Waals surface area contributed by atoms with Crippen molar-refractivity contribution in [1.29, 1.82) is 5.26 Å². The van der Waals surface area contributed by atoms with Gasteiger partial charge < -0.3 is 14.4 Å². The number of rotatable bonds is 9. The molecule has 0 radical (unpaired) electrons. The Bertz CT molecular complexity index is 1600. The third kappa shape index (κ3) is 6.62. The van der Waals surface area contributed by atoms with Gasteiger partial charge in [0.1, 0.15) is 5.54 Å². The van der Waals surface area contributed by atoms with Crippen LogP contribution in [0.25, 0.3) is 0 Å². The van der Waals surface area contributed by atoms with Gasteiger partial charge >= 0.3 is 12.1 Å². The van der Waals surface area contributed by atoms with Crippen molar-refractivity contribution < 1.29 is 36.6 Å². The van der Waals surface area contributed by atoms with Crippen molar-refractivity contribution in [3.8, 4) is 11.8 Å². The third-order valence-electron chi connectivity index (χ3n) is 6.85. The highest BCUT2D eigenvalue weighted by atomic mass is 32.1. The van der Waals surface area contributed by atoms with E-state index < -0.39 is 34.6 Å². The second-order valence-electron chi connectivity index (χ2n) is 10.2. The molecule has 0 saturated carbocycles. The van der Waals surface area contributed by atoms with E-state index in [9.17, 15) is 22.8 Å². The highest BCUT2D eigenvalue weighted by Gasteiger charge is 2.51. The Morgan fingerprint density at radius 3 is 2.28 bits per heavy atom. The maximum atomic E-state index is 15.1. The van der Waals surface area contributed by atoms with Crippen LogP contribution in [0.1, 0.15) is 43.0 Å². The SMILES string of the molecule is CCOC(=O)Cc1ccc(CCOc2ccc(N3C(=S)N(c4ccc(C#N)c(C(F)(F)F)c4)C(=O)C3(C)C)cc2F)cc1. The van der Waals surface area contributed by atoms with Crippen molar-refractivity contribution in [2.24, 2.45) is 0 Å². The number of benzene rings is 3. The molecular formula is C31H27F4N3O4S. The molecule has 3 aromatic rings. The number of ether oxygens (including phenoxy) is 2. The quantitative estimate of drug-likeness (QED) is 0.158. The second-order valence-corrected chi connectivity index (χ2v) is 10.5. The van der Waals surface area contributed by atoms with Gasteiger partial charge in [0.25, 0.3) is 5.91 Å². The zero-order valence-corrected chi connectivity index (χ0v) is 24.3. The average Bonchev–Trinajstić information content (AvgIpc) is 3.12. The maximum Gasteiger partial charge on any atom is 0.417 e. The largest absolute Gasteiger partial charge is 0.490 e. The Labute approximate surface area is 251 Å². The molecule has 3 aromatic carbocycles. The molecule has 0 spiro atoms. The van der Waals surface area contributed by atoms with Gasteiger partial charge in [0, 0.05) is 18.2 Å². The van der Waals surface area contributed by atoms with Crippen molar-refractivity contribution in [2.45, 2.75) is 45.3 Å². The summed E-state index contributed by atoms with van der Waals surface area (Å²) in [6.45, 7) is 5.27. The predicted octanol–water partition coefficient (Wildman–Crippen LogP) is 6.36. The van der Waals surface area contributed by atoms with Crippen molar-refractivity contribution in [3.05, 3.63) is 88.7 Å². The van der Waals surface area contributed by atoms with E-state index in [0.717, 1.165) is 28.2 Å². The molecule has 0 unspecified atom stereocenters. The van der Waals surface area contributed by atoms with Crippen LogP contribution in [0.3, 0.4) is 0 Å². The monoisotopic (exact) mass is 613 g/mol. The van der Waals surface area contributed by atoms with Crippen molar-refractivity contribution >= 4 is 40.6 Å². The molecule has 1 amide bonds. The molecule has 0 atom stereocenters. The molecule has 1 fully saturated rings. The molecule has 4 rings (SSSR count). The minimum absolute atomic E-state index is 0.0318. The van der Waals surface area contributed by atoms with E-state index in [4.69, 9.17) is 27.0 Å². The Kier molecular flexibility index (Phi) is 9.06. The number of hydrogen-bond donors (Lipinski definition) is 0. The number of carbonyl (C=O) groups excluding carboxylic acids is 2. The number of carbonyl (C=O) groups is 2. The van der Waals surface area contributed by atoms with Gasteiger partial charge in [0.05, 0.1) is 42.5 Å². The van der Waals surface area contributed by atoms with Gasteiger partial charge in [0.2, 0.25) is 0 Å². The van der Waals surface area contributed by atoms with E-state index in [1.807, 2.05) is 24.3 Å². The molecule has 1 aliphatic heterocycles. The zero-order chi connectivity index (χ0) is 31.5. The van der Waals surface area contributed by atoms with Crippen molar-refractivity contribution in [2.75, 3.05) is 23.0 Å². The summed E-state index contributed by atoms with van der Waals surface area (Å²) in [5.74, 6) is -1.68. The first-order chi connectivity index (χ1) is 20.3. The molecule has 0 aromatic heterocycles. The van der Waals surface area contributed by atoms with Gasteiger partial charge in [-0.3, -0.25) is 14.5 Å². The topological polar surface area (TPSA) is 82.9 Å². The lowest BCUT2D eigenvalue weighted by Gasteiger charge is -2.29. The van der Waals surface area contributed by atoms with Crippen LogP contribution < -0.4 is 14.5 Å². The van der Waals surface area contributed by atoms with E-state index in [0.29, 0.717) is 19.1 Å². The minimum atomic E-state index is -4.83. The fourth-order valence-electron chi connectivity index (χ4n) is 4.69. The molecule has 43 heavy (non-hydrogen) atoms. The number of nitriles is 1. The Morgan fingerprint density at radius 1 is 1.02 bits per heavy atom. The van der Waals surface area contributed by atoms with E-state index >= 15 is 4.39 Å². The molecular weight excluding hydrogens is 586 g/mol. The number of anilines is 2. The van der Waals surface area contributed by atoms with Crippen LogP contribution in [0.4, 0.5) is 28.9 Å². The first-order valence-electron chi connectivity index (χ1n) is 13.2. The second kappa shape index (κ2) is 12.4. The normalized spacial score (nSPS) is 14.6. The summed E-state index contributed by atoms with van der Waals surface area (Å²) in [5.41, 5.74) is -1.37. The molecule has 0 aliphatic carbocycles. The van der Waals surface area contributed by atoms with E-state index in [1.54, 1.807) is 6.92 Å². The number of thiocarbonyl (C=S) groups is 1. The summed E-state index contributed by atoms with van der Waals surface area (Å²) in [6, 6.07) is 15.8. The Balaban J connectivity index is 1.48. The lowest BCUT2D eigenvalue weighted by atomic mass is 10.0. The molecule has 12 heteroatoms. The van der Waals surface area contributed by atoms with Crippen LogP contribution in [0.5, 0.6) is 5.75 Å². The van der Waals surface area contributed by atoms with Crippen LogP contribution >= 0.6 is 12.2 Å². The number of nitrogens with zero attached hydrogens (tertiary/aromatic N) is 3. The smallest absolute Gasteiger partial charge is 0.417 e. The Morgan fingerprint density at radius 2 is 1.67 bits per heavy atom. The molecule has 7 nitrogen and oxygen atoms in total. The molecule has 1 saturated heterocycles. The van der Waals surface area contributed by atoms with Crippen LogP contribution in [0.2, 0.25) is 0 Å². The summed E-state index contributed by atoms with van der Waals surface area (Å²) in [7, 11) is 0. The third-order valence-corrected chi connectivity index (χ3v) is 7.22. The number of amides is 1. The summed E-state index contributed by atoms with van der Waals surface area (Å²) in [5, 5.41) is 8.96. The highest BCUT2D eigenvalue weighted by molar-refractivity contribution is 7.81. The van der Waals surface area contributed by atoms with E-state index in [-0.39, 0.29) is 41.2 Å². The Hall–Kier alpha value is -4.50. The van der Waals surface area contributed by atoms with Gasteiger partial charge in [-0.05, 0) is 74.4 Å². The summed E-state index contributed by atoms with van der Waals surface area (Å²) < 4.78 is 66.4. The van der Waals surface area contributed by atoms with E-state index in [2.05, 4.69) is 0 Å². The lowest BCUT2D eigenvalue weighted by molar-refractivity contribution is -0.142. The number of esters is 1. The molecule has 224 valence electrons. The fourth-order valence-corrected chi connectivity index (χ4v) is 5.21. The highest BCUT2D eigenvalue weighted by Crippen LogP contribution is 2.40. The summed E-state index contributed by atoms with van der Waals surface area (Å²) >= 11 is 5.50. The van der Waals surface area contributed by atoms with Crippen LogP contribution in [-0.4, -0.2) is 35.7 Å². The standard InChI is InChI=1S/C31H27F4N3O4S/c1-4-41-27(39)15-20-7-5-19(6-8-20)13-14-42-26-12-11-23(17-25(26)32)38-29(43)37(28(40)30(38,2)3)22-10-9-21(18-36)24(16-22)31(33,34)35/h5-12,16-17H,4,13-15H2,1-3H3. The average molecular weight is 614 g/mol. The van der Waals surface area contributed by atoms with Gasteiger partial charge in [-0.15, -0.1) is 0 Å². The van der Waals surface area contributed by atoms with Crippen LogP contribution in [0, 0.1) is 17.1 Å². The number of halogens is 4. The number of alkyl halides is 3. The van der Waals surface area contributed by atoms with Crippen LogP contribution in [0.15, 0.2) is 60.7 Å². The lowest BCUT2D eigenvalue weighted by Crippen LogP contribution is -2.44. The van der Waals surface area contributed by atoms with Gasteiger partial charge in [-0.25, -0.2) is 4.39 Å². The van der Waals surface area contributed by atoms with Crippen molar-refractivity contribution in [3.63, 3.8) is 0 Å². The zero-order valence-electron chi connectivity index (χ0n) is 23.5. The fraction of sp³-hybridized carbons (Fsp3) is 0.290. The minimum Gasteiger partial charge on any atom is -0.490 e. The molecule has 0 bridgehead atoms. The summed E-state index contributed by atoms with van der Waals surface area (Å²) in [6.07, 6.45) is -4.18. The van der Waals surface area contributed by atoms with Gasteiger partial charge in [-0.2, -0.15) is 18.4 Å². The molecule has 1 heterocycles. The first kappa shape index (κ1) is 31.4. The number of hydrogen-bond acceptors (Lipinski definition) is 6. The molecule has 0 N–H and O–H groups in total. The van der Waals surface area contributed by atoms with Crippen LogP contribution in [-0.2, 0) is 33.3 Å². The first-order valence-corrected chi connectivity index (χ1v) is 13.6. The van der Waals surface area contributed by atoms with Crippen molar-refractivity contribution in [1.82, 2.24) is 0 Å². The van der Waals surface area contributed by atoms with Gasteiger partial charge in [-0.1, -0.05) is 24.3 Å². The summed E-state index contributed by atoms with van der Waals surface area (Å²) in [4.78, 5) is 27.3.